The zero-order valence-corrected chi connectivity index (χ0v) is 9.83. The van der Waals surface area contributed by atoms with Crippen molar-refractivity contribution in [3.05, 3.63) is 0 Å². The first-order valence-corrected chi connectivity index (χ1v) is 5.90. The highest BCUT2D eigenvalue weighted by Crippen LogP contribution is 2.33. The molecule has 0 heterocycles. The fraction of sp³-hybridized carbons (Fsp3) is 0.909. The van der Waals surface area contributed by atoms with Gasteiger partial charge < -0.3 is 5.11 Å². The summed E-state index contributed by atoms with van der Waals surface area (Å²) in [5, 5.41) is 9.03. The molecule has 0 saturated heterocycles. The van der Waals surface area contributed by atoms with Crippen LogP contribution in [-0.4, -0.2) is 40.8 Å². The van der Waals surface area contributed by atoms with Gasteiger partial charge in [-0.1, -0.05) is 19.8 Å². The summed E-state index contributed by atoms with van der Waals surface area (Å²) in [5.41, 5.74) is 0. The van der Waals surface area contributed by atoms with Gasteiger partial charge in [0.15, 0.2) is 0 Å². The Hall–Kier alpha value is -0.780. The van der Waals surface area contributed by atoms with Gasteiger partial charge in [-0.3, -0.25) is 9.69 Å². The second kappa shape index (κ2) is 5.71. The van der Waals surface area contributed by atoms with Crippen LogP contribution in [0.1, 0.15) is 39.0 Å². The van der Waals surface area contributed by atoms with Crippen LogP contribution in [0.5, 0.6) is 0 Å². The average Bonchev–Trinajstić information content (AvgIpc) is 2.97. The van der Waals surface area contributed by atoms with Crippen LogP contribution in [0.3, 0.4) is 0 Å². The average molecular weight is 253 g/mol. The first-order valence-electron chi connectivity index (χ1n) is 5.90. The van der Waals surface area contributed by atoms with Crippen LogP contribution in [-0.2, 0) is 4.79 Å². The molecule has 100 valence electrons. The molecule has 1 aliphatic carbocycles. The quantitative estimate of drug-likeness (QED) is 0.758. The highest BCUT2D eigenvalue weighted by atomic mass is 19.4. The SMILES string of the molecule is CCCCC(C(=O)O)N(CC(F)(F)F)C1CC1. The van der Waals surface area contributed by atoms with Crippen molar-refractivity contribution in [1.29, 1.82) is 0 Å². The van der Waals surface area contributed by atoms with E-state index in [0.717, 1.165) is 11.3 Å². The molecule has 0 radical (unpaired) electrons. The molecule has 0 aliphatic heterocycles. The molecule has 1 unspecified atom stereocenters. The second-order valence-corrected chi connectivity index (χ2v) is 4.51. The van der Waals surface area contributed by atoms with E-state index in [1.54, 1.807) is 0 Å². The summed E-state index contributed by atoms with van der Waals surface area (Å²) >= 11 is 0. The van der Waals surface area contributed by atoms with E-state index in [1.165, 1.54) is 0 Å². The Morgan fingerprint density at radius 1 is 1.47 bits per heavy atom. The molecule has 0 aromatic heterocycles. The van der Waals surface area contributed by atoms with Crippen molar-refractivity contribution in [2.24, 2.45) is 0 Å². The third-order valence-electron chi connectivity index (χ3n) is 2.89. The number of carboxylic acids is 1. The van der Waals surface area contributed by atoms with E-state index in [1.807, 2.05) is 6.92 Å². The van der Waals surface area contributed by atoms with Gasteiger partial charge in [0.2, 0.25) is 0 Å². The summed E-state index contributed by atoms with van der Waals surface area (Å²) < 4.78 is 37.2. The molecule has 1 saturated carbocycles. The highest BCUT2D eigenvalue weighted by Gasteiger charge is 2.43. The Morgan fingerprint density at radius 3 is 2.41 bits per heavy atom. The maximum absolute atomic E-state index is 12.4. The predicted octanol–water partition coefficient (Wildman–Crippen LogP) is 2.66. The lowest BCUT2D eigenvalue weighted by Gasteiger charge is -2.29. The van der Waals surface area contributed by atoms with E-state index >= 15 is 0 Å². The van der Waals surface area contributed by atoms with E-state index in [9.17, 15) is 18.0 Å². The van der Waals surface area contributed by atoms with Gasteiger partial charge in [-0.05, 0) is 19.3 Å². The number of carbonyl (C=O) groups is 1. The van der Waals surface area contributed by atoms with Crippen LogP contribution in [0, 0.1) is 0 Å². The molecule has 17 heavy (non-hydrogen) atoms. The van der Waals surface area contributed by atoms with Gasteiger partial charge in [0, 0.05) is 6.04 Å². The number of hydrogen-bond acceptors (Lipinski definition) is 2. The third-order valence-corrected chi connectivity index (χ3v) is 2.89. The van der Waals surface area contributed by atoms with Crippen molar-refractivity contribution < 1.29 is 23.1 Å². The fourth-order valence-electron chi connectivity index (χ4n) is 1.94. The predicted molar refractivity (Wildman–Crippen MR) is 56.7 cm³/mol. The molecule has 6 heteroatoms. The van der Waals surface area contributed by atoms with Crippen LogP contribution in [0.4, 0.5) is 13.2 Å². The van der Waals surface area contributed by atoms with E-state index < -0.39 is 24.7 Å². The molecular weight excluding hydrogens is 235 g/mol. The van der Waals surface area contributed by atoms with Gasteiger partial charge in [0.05, 0.1) is 6.54 Å². The van der Waals surface area contributed by atoms with Gasteiger partial charge >= 0.3 is 12.1 Å². The number of carboxylic acid groups (broad SMARTS) is 1. The molecule has 0 bridgehead atoms. The van der Waals surface area contributed by atoms with E-state index in [2.05, 4.69) is 0 Å². The maximum atomic E-state index is 12.4. The van der Waals surface area contributed by atoms with Crippen molar-refractivity contribution in [1.82, 2.24) is 4.90 Å². The van der Waals surface area contributed by atoms with Crippen molar-refractivity contribution in [3.8, 4) is 0 Å². The summed E-state index contributed by atoms with van der Waals surface area (Å²) in [7, 11) is 0. The van der Waals surface area contributed by atoms with Gasteiger partial charge in [-0.2, -0.15) is 13.2 Å². The molecule has 1 N–H and O–H groups in total. The van der Waals surface area contributed by atoms with Gasteiger partial charge in [0.25, 0.3) is 0 Å². The molecule has 1 fully saturated rings. The summed E-state index contributed by atoms with van der Waals surface area (Å²) in [6.07, 6.45) is -1.27. The van der Waals surface area contributed by atoms with Crippen molar-refractivity contribution in [2.45, 2.75) is 57.3 Å². The summed E-state index contributed by atoms with van der Waals surface area (Å²) in [6, 6.07) is -1.20. The summed E-state index contributed by atoms with van der Waals surface area (Å²) in [6.45, 7) is 0.780. The molecular formula is C11H18F3NO2. The Morgan fingerprint density at radius 2 is 2.06 bits per heavy atom. The normalized spacial score (nSPS) is 18.4. The number of halogens is 3. The van der Waals surface area contributed by atoms with Gasteiger partial charge in [-0.25, -0.2) is 0 Å². The molecule has 0 spiro atoms. The van der Waals surface area contributed by atoms with Gasteiger partial charge in [0.1, 0.15) is 6.04 Å². The minimum Gasteiger partial charge on any atom is -0.480 e. The van der Waals surface area contributed by atoms with Crippen LogP contribution in [0.25, 0.3) is 0 Å². The Balaban J connectivity index is 2.67. The lowest BCUT2D eigenvalue weighted by atomic mass is 10.1. The van der Waals surface area contributed by atoms with Crippen LogP contribution in [0.15, 0.2) is 0 Å². The fourth-order valence-corrected chi connectivity index (χ4v) is 1.94. The van der Waals surface area contributed by atoms with Crippen molar-refractivity contribution in [3.63, 3.8) is 0 Å². The number of hydrogen-bond donors (Lipinski definition) is 1. The zero-order valence-electron chi connectivity index (χ0n) is 9.83. The zero-order chi connectivity index (χ0) is 13.1. The number of alkyl halides is 3. The molecule has 1 rings (SSSR count). The van der Waals surface area contributed by atoms with E-state index in [-0.39, 0.29) is 6.04 Å². The monoisotopic (exact) mass is 253 g/mol. The number of unbranched alkanes of at least 4 members (excludes halogenated alkanes) is 1. The lowest BCUT2D eigenvalue weighted by molar-refractivity contribution is -0.163. The van der Waals surface area contributed by atoms with E-state index in [4.69, 9.17) is 5.11 Å². The first kappa shape index (κ1) is 14.3. The Bertz CT molecular complexity index is 264. The van der Waals surface area contributed by atoms with Crippen molar-refractivity contribution >= 4 is 5.97 Å². The van der Waals surface area contributed by atoms with Gasteiger partial charge in [-0.15, -0.1) is 0 Å². The Kier molecular flexibility index (Phi) is 4.80. The van der Waals surface area contributed by atoms with Crippen LogP contribution in [0.2, 0.25) is 0 Å². The Labute approximate surface area is 98.6 Å². The molecule has 0 amide bonds. The standard InChI is InChI=1S/C11H18F3NO2/c1-2-3-4-9(10(16)17)15(8-5-6-8)7-11(12,13)14/h8-9H,2-7H2,1H3,(H,16,17). The minimum absolute atomic E-state index is 0.199. The molecule has 1 atom stereocenters. The van der Waals surface area contributed by atoms with E-state index in [0.29, 0.717) is 25.7 Å². The summed E-state index contributed by atoms with van der Waals surface area (Å²) in [5.74, 6) is -1.14. The highest BCUT2D eigenvalue weighted by molar-refractivity contribution is 5.73. The number of nitrogens with zero attached hydrogens (tertiary/aromatic N) is 1. The molecule has 0 aromatic rings. The number of rotatable bonds is 7. The summed E-state index contributed by atoms with van der Waals surface area (Å²) in [4.78, 5) is 12.2. The largest absolute Gasteiger partial charge is 0.480 e. The minimum atomic E-state index is -4.33. The number of aliphatic carboxylic acids is 1. The third kappa shape index (κ3) is 4.93. The molecule has 0 aromatic carbocycles. The van der Waals surface area contributed by atoms with Crippen LogP contribution < -0.4 is 0 Å². The second-order valence-electron chi connectivity index (χ2n) is 4.51. The van der Waals surface area contributed by atoms with Crippen LogP contribution >= 0.6 is 0 Å². The first-order chi connectivity index (χ1) is 7.85. The maximum Gasteiger partial charge on any atom is 0.401 e. The molecule has 3 nitrogen and oxygen atoms in total. The lowest BCUT2D eigenvalue weighted by Crippen LogP contribution is -2.47. The topological polar surface area (TPSA) is 40.5 Å². The molecule has 1 aliphatic rings. The van der Waals surface area contributed by atoms with Crippen molar-refractivity contribution in [2.75, 3.05) is 6.54 Å². The smallest absolute Gasteiger partial charge is 0.401 e.